The second kappa shape index (κ2) is 14.9. The Labute approximate surface area is 255 Å². The van der Waals surface area contributed by atoms with Gasteiger partial charge in [0.05, 0.1) is 12.6 Å². The molecule has 0 bridgehead atoms. The Balaban J connectivity index is 1.36. The summed E-state index contributed by atoms with van der Waals surface area (Å²) in [4.78, 5) is 63.7. The van der Waals surface area contributed by atoms with Crippen LogP contribution in [0.4, 0.5) is 22.6 Å². The molecule has 0 aromatic carbocycles. The van der Waals surface area contributed by atoms with Crippen molar-refractivity contribution in [2.45, 2.75) is 79.2 Å². The maximum Gasteiger partial charge on any atom is 0.409 e. The molecule has 13 heteroatoms. The fraction of sp³-hybridized carbons (Fsp3) is 0.800. The van der Waals surface area contributed by atoms with E-state index in [2.05, 4.69) is 42.4 Å². The predicted molar refractivity (Wildman–Crippen MR) is 164 cm³/mol. The van der Waals surface area contributed by atoms with Crippen LogP contribution in [-0.2, 0) is 19.1 Å². The van der Waals surface area contributed by atoms with Gasteiger partial charge in [-0.15, -0.1) is 0 Å². The van der Waals surface area contributed by atoms with Crippen LogP contribution in [0.1, 0.15) is 73.1 Å². The monoisotopic (exact) mass is 602 g/mol. The minimum Gasteiger partial charge on any atom is -0.465 e. The van der Waals surface area contributed by atoms with Gasteiger partial charge in [-0.05, 0) is 60.3 Å². The number of rotatable bonds is 12. The van der Waals surface area contributed by atoms with E-state index in [1.165, 1.54) is 0 Å². The lowest BCUT2D eigenvalue weighted by Gasteiger charge is -2.36. The highest BCUT2D eigenvalue weighted by Crippen LogP contribution is 2.42. The van der Waals surface area contributed by atoms with Gasteiger partial charge in [-0.2, -0.15) is 15.0 Å². The number of aromatic nitrogens is 3. The van der Waals surface area contributed by atoms with E-state index in [9.17, 15) is 14.4 Å². The summed E-state index contributed by atoms with van der Waals surface area (Å²) in [7, 11) is 0. The van der Waals surface area contributed by atoms with E-state index in [0.717, 1.165) is 51.9 Å². The van der Waals surface area contributed by atoms with Crippen LogP contribution in [0.2, 0.25) is 0 Å². The van der Waals surface area contributed by atoms with E-state index >= 15 is 0 Å². The molecule has 2 saturated heterocycles. The standard InChI is InChI=1S/C30H50N8O5/c1-6-34(7-2)26-31-27(35(8-3)9-4)33-28(32-26)36-18-20-37(21-19-36)29(41)43-22-23-14-13-17-38(23)24(39)30(15-11-12-16-30)25(40)42-10-5/h23H,6-22H2,1-5H3. The molecule has 1 aliphatic carbocycles. The number of carbonyl (C=O) groups excluding carboxylic acids is 3. The first-order valence-corrected chi connectivity index (χ1v) is 16.2. The summed E-state index contributed by atoms with van der Waals surface area (Å²) in [5.74, 6) is 1.37. The Morgan fingerprint density at radius 1 is 0.791 bits per heavy atom. The average molecular weight is 603 g/mol. The van der Waals surface area contributed by atoms with Crippen LogP contribution in [0, 0.1) is 5.41 Å². The molecule has 3 fully saturated rings. The number of esters is 1. The zero-order chi connectivity index (χ0) is 31.0. The van der Waals surface area contributed by atoms with Gasteiger partial charge in [-0.1, -0.05) is 12.8 Å². The zero-order valence-electron chi connectivity index (χ0n) is 26.7. The smallest absolute Gasteiger partial charge is 0.409 e. The largest absolute Gasteiger partial charge is 0.465 e. The lowest BCUT2D eigenvalue weighted by atomic mass is 9.84. The summed E-state index contributed by atoms with van der Waals surface area (Å²) in [6.07, 6.45) is 3.89. The van der Waals surface area contributed by atoms with E-state index < -0.39 is 11.4 Å². The van der Waals surface area contributed by atoms with E-state index in [-0.39, 0.29) is 31.3 Å². The number of carbonyl (C=O) groups is 3. The third-order valence-corrected chi connectivity index (χ3v) is 9.08. The van der Waals surface area contributed by atoms with Crippen LogP contribution in [0.25, 0.3) is 0 Å². The molecule has 43 heavy (non-hydrogen) atoms. The van der Waals surface area contributed by atoms with Gasteiger partial charge in [0.15, 0.2) is 0 Å². The number of hydrogen-bond acceptors (Lipinski definition) is 11. The molecule has 0 N–H and O–H groups in total. The lowest BCUT2D eigenvalue weighted by molar-refractivity contribution is -0.165. The maximum absolute atomic E-state index is 13.7. The molecule has 0 radical (unpaired) electrons. The molecule has 1 saturated carbocycles. The van der Waals surface area contributed by atoms with Gasteiger partial charge in [0.1, 0.15) is 12.0 Å². The van der Waals surface area contributed by atoms with Gasteiger partial charge in [-0.3, -0.25) is 9.59 Å². The van der Waals surface area contributed by atoms with Crippen molar-refractivity contribution >= 4 is 35.8 Å². The second-order valence-electron chi connectivity index (χ2n) is 11.4. The molecule has 1 aromatic heterocycles. The first kappa shape index (κ1) is 32.5. The molecule has 4 rings (SSSR count). The minimum absolute atomic E-state index is 0.123. The van der Waals surface area contributed by atoms with Crippen LogP contribution >= 0.6 is 0 Å². The average Bonchev–Trinajstić information content (AvgIpc) is 3.72. The summed E-state index contributed by atoms with van der Waals surface area (Å²) in [6.45, 7) is 16.3. The molecule has 1 unspecified atom stereocenters. The summed E-state index contributed by atoms with van der Waals surface area (Å²) >= 11 is 0. The number of amides is 2. The predicted octanol–water partition coefficient (Wildman–Crippen LogP) is 2.94. The van der Waals surface area contributed by atoms with Crippen LogP contribution in [0.3, 0.4) is 0 Å². The Bertz CT molecular complexity index is 1070. The molecule has 3 heterocycles. The Morgan fingerprint density at radius 2 is 1.37 bits per heavy atom. The van der Waals surface area contributed by atoms with Crippen molar-refractivity contribution in [3.8, 4) is 0 Å². The Kier molecular flexibility index (Phi) is 11.3. The van der Waals surface area contributed by atoms with E-state index in [1.807, 2.05) is 0 Å². The summed E-state index contributed by atoms with van der Waals surface area (Å²) in [6, 6.07) is -0.230. The molecule has 1 aromatic rings. The van der Waals surface area contributed by atoms with Crippen LogP contribution in [-0.4, -0.2) is 121 Å². The lowest BCUT2D eigenvalue weighted by Crippen LogP contribution is -2.52. The first-order valence-electron chi connectivity index (χ1n) is 16.2. The summed E-state index contributed by atoms with van der Waals surface area (Å²) < 4.78 is 11.1. The SMILES string of the molecule is CCOC(=O)C1(C(=O)N2CCCC2COC(=O)N2CCN(c3nc(N(CC)CC)nc(N(CC)CC)n3)CC2)CCCC1. The number of hydrogen-bond donors (Lipinski definition) is 0. The third-order valence-electron chi connectivity index (χ3n) is 9.08. The highest BCUT2D eigenvalue weighted by molar-refractivity contribution is 6.03. The fourth-order valence-corrected chi connectivity index (χ4v) is 6.43. The molecular weight excluding hydrogens is 552 g/mol. The maximum atomic E-state index is 13.7. The van der Waals surface area contributed by atoms with Gasteiger partial charge in [0.25, 0.3) is 0 Å². The van der Waals surface area contributed by atoms with Crippen molar-refractivity contribution in [2.75, 3.05) is 86.8 Å². The second-order valence-corrected chi connectivity index (χ2v) is 11.4. The molecular formula is C30H50N8O5. The van der Waals surface area contributed by atoms with E-state index in [4.69, 9.17) is 24.4 Å². The quantitative estimate of drug-likeness (QED) is 0.259. The zero-order valence-corrected chi connectivity index (χ0v) is 26.7. The Hall–Kier alpha value is -3.38. The van der Waals surface area contributed by atoms with Crippen molar-refractivity contribution in [3.63, 3.8) is 0 Å². The molecule has 3 aliphatic rings. The van der Waals surface area contributed by atoms with Gasteiger partial charge < -0.3 is 34.0 Å². The minimum atomic E-state index is -1.09. The topological polar surface area (TPSA) is 125 Å². The molecule has 1 atom stereocenters. The molecule has 240 valence electrons. The summed E-state index contributed by atoms with van der Waals surface area (Å²) in [5.41, 5.74) is -1.09. The van der Waals surface area contributed by atoms with Crippen LogP contribution in [0.5, 0.6) is 0 Å². The molecule has 13 nitrogen and oxygen atoms in total. The van der Waals surface area contributed by atoms with Crippen LogP contribution < -0.4 is 14.7 Å². The van der Waals surface area contributed by atoms with Crippen molar-refractivity contribution < 1.29 is 23.9 Å². The number of ether oxygens (including phenoxy) is 2. The molecule has 0 spiro atoms. The highest BCUT2D eigenvalue weighted by Gasteiger charge is 2.52. The molecule has 2 amide bonds. The van der Waals surface area contributed by atoms with Crippen molar-refractivity contribution in [1.29, 1.82) is 0 Å². The number of anilines is 3. The van der Waals surface area contributed by atoms with Gasteiger partial charge >= 0.3 is 12.1 Å². The van der Waals surface area contributed by atoms with Crippen molar-refractivity contribution in [1.82, 2.24) is 24.8 Å². The summed E-state index contributed by atoms with van der Waals surface area (Å²) in [5, 5.41) is 0. The number of piperazine rings is 1. The van der Waals surface area contributed by atoms with Crippen molar-refractivity contribution in [3.05, 3.63) is 0 Å². The van der Waals surface area contributed by atoms with E-state index in [0.29, 0.717) is 63.4 Å². The van der Waals surface area contributed by atoms with Crippen LogP contribution in [0.15, 0.2) is 0 Å². The fourth-order valence-electron chi connectivity index (χ4n) is 6.43. The normalized spacial score (nSPS) is 19.8. The Morgan fingerprint density at radius 3 is 1.91 bits per heavy atom. The van der Waals surface area contributed by atoms with Gasteiger partial charge in [0.2, 0.25) is 23.8 Å². The van der Waals surface area contributed by atoms with Gasteiger partial charge in [0, 0.05) is 58.9 Å². The van der Waals surface area contributed by atoms with E-state index in [1.54, 1.807) is 16.7 Å². The number of nitrogens with zero attached hydrogens (tertiary/aromatic N) is 8. The first-order chi connectivity index (χ1) is 20.8. The van der Waals surface area contributed by atoms with Gasteiger partial charge in [-0.25, -0.2) is 4.79 Å². The highest BCUT2D eigenvalue weighted by atomic mass is 16.6. The number of likely N-dealkylation sites (tertiary alicyclic amines) is 1. The van der Waals surface area contributed by atoms with Crippen molar-refractivity contribution in [2.24, 2.45) is 5.41 Å². The third kappa shape index (κ3) is 7.06. The molecule has 2 aliphatic heterocycles.